The molecule has 2 aromatic carbocycles. The minimum Gasteiger partial charge on any atom is -0.387 e. The van der Waals surface area contributed by atoms with E-state index < -0.39 is 6.10 Å². The molecule has 1 heterocycles. The van der Waals surface area contributed by atoms with Gasteiger partial charge in [-0.25, -0.2) is 4.98 Å². The van der Waals surface area contributed by atoms with Crippen molar-refractivity contribution in [1.82, 2.24) is 15.6 Å². The van der Waals surface area contributed by atoms with Gasteiger partial charge < -0.3 is 15.7 Å². The van der Waals surface area contributed by atoms with Crippen molar-refractivity contribution in [3.8, 4) is 0 Å². The highest BCUT2D eigenvalue weighted by atomic mass is 32.1. The molecule has 0 saturated heterocycles. The Bertz CT molecular complexity index is 873. The van der Waals surface area contributed by atoms with Gasteiger partial charge in [-0.15, -0.1) is 11.3 Å². The molecule has 26 heavy (non-hydrogen) atoms. The first-order chi connectivity index (χ1) is 12.6. The largest absolute Gasteiger partial charge is 0.387 e. The number of nitrogens with one attached hydrogen (secondary N) is 2. The number of fused-ring (bicyclic) bond motifs is 1. The second-order valence-electron chi connectivity index (χ2n) is 6.17. The van der Waals surface area contributed by atoms with Crippen LogP contribution >= 0.6 is 11.3 Å². The summed E-state index contributed by atoms with van der Waals surface area (Å²) in [4.78, 5) is 16.1. The topological polar surface area (TPSA) is 74.2 Å². The van der Waals surface area contributed by atoms with E-state index in [4.69, 9.17) is 0 Å². The van der Waals surface area contributed by atoms with Crippen LogP contribution in [0.1, 0.15) is 22.4 Å². The molecule has 1 aromatic heterocycles. The lowest BCUT2D eigenvalue weighted by molar-refractivity contribution is -0.120. The summed E-state index contributed by atoms with van der Waals surface area (Å²) >= 11 is 1.55. The van der Waals surface area contributed by atoms with Crippen molar-refractivity contribution in [2.24, 2.45) is 0 Å². The summed E-state index contributed by atoms with van der Waals surface area (Å²) < 4.78 is 0. The SMILES string of the molecule is Cc1nc(CC(=O)NCCNCC(O)c2cccc3ccccc23)cs1. The average molecular weight is 369 g/mol. The van der Waals surface area contributed by atoms with Gasteiger partial charge >= 0.3 is 0 Å². The fourth-order valence-corrected chi connectivity index (χ4v) is 3.51. The van der Waals surface area contributed by atoms with E-state index in [1.54, 1.807) is 11.3 Å². The maximum absolute atomic E-state index is 11.9. The highest BCUT2D eigenvalue weighted by Gasteiger charge is 2.10. The smallest absolute Gasteiger partial charge is 0.226 e. The van der Waals surface area contributed by atoms with Crippen molar-refractivity contribution < 1.29 is 9.90 Å². The number of hydrogen-bond donors (Lipinski definition) is 3. The third-order valence-corrected chi connectivity index (χ3v) is 4.97. The number of amides is 1. The molecule has 0 fully saturated rings. The number of carbonyl (C=O) groups excluding carboxylic acids is 1. The van der Waals surface area contributed by atoms with Gasteiger partial charge in [0.25, 0.3) is 0 Å². The molecule has 0 aliphatic heterocycles. The van der Waals surface area contributed by atoms with Crippen molar-refractivity contribution in [2.45, 2.75) is 19.4 Å². The second-order valence-corrected chi connectivity index (χ2v) is 7.24. The van der Waals surface area contributed by atoms with Crippen LogP contribution in [0.25, 0.3) is 10.8 Å². The summed E-state index contributed by atoms with van der Waals surface area (Å²) in [6.45, 7) is 3.49. The number of aromatic nitrogens is 1. The molecule has 3 N–H and O–H groups in total. The Morgan fingerprint density at radius 3 is 2.81 bits per heavy atom. The lowest BCUT2D eigenvalue weighted by Crippen LogP contribution is -2.34. The van der Waals surface area contributed by atoms with Crippen LogP contribution in [0.4, 0.5) is 0 Å². The zero-order chi connectivity index (χ0) is 18.4. The van der Waals surface area contributed by atoms with E-state index in [2.05, 4.69) is 15.6 Å². The first kappa shape index (κ1) is 18.5. The molecule has 6 heteroatoms. The third kappa shape index (κ3) is 4.88. The fourth-order valence-electron chi connectivity index (χ4n) is 2.90. The first-order valence-corrected chi connectivity index (χ1v) is 9.55. The molecule has 1 amide bonds. The van der Waals surface area contributed by atoms with E-state index in [1.165, 1.54) is 0 Å². The molecule has 0 radical (unpaired) electrons. The molecule has 1 unspecified atom stereocenters. The van der Waals surface area contributed by atoms with Crippen molar-refractivity contribution in [3.05, 3.63) is 64.1 Å². The van der Waals surface area contributed by atoms with Crippen molar-refractivity contribution >= 4 is 28.0 Å². The third-order valence-electron chi connectivity index (χ3n) is 4.15. The number of aliphatic hydroxyl groups is 1. The number of carbonyl (C=O) groups is 1. The van der Waals surface area contributed by atoms with Crippen molar-refractivity contribution in [1.29, 1.82) is 0 Å². The molecule has 1 atom stereocenters. The van der Waals surface area contributed by atoms with E-state index in [1.807, 2.05) is 54.8 Å². The van der Waals surface area contributed by atoms with Gasteiger partial charge in [0.15, 0.2) is 0 Å². The summed E-state index contributed by atoms with van der Waals surface area (Å²) in [5, 5.41) is 21.6. The lowest BCUT2D eigenvalue weighted by atomic mass is 10.0. The Labute approximate surface area is 157 Å². The number of nitrogens with zero attached hydrogens (tertiary/aromatic N) is 1. The van der Waals surface area contributed by atoms with E-state index >= 15 is 0 Å². The minimum absolute atomic E-state index is 0.0355. The van der Waals surface area contributed by atoms with Crippen LogP contribution in [0.2, 0.25) is 0 Å². The van der Waals surface area contributed by atoms with Crippen LogP contribution in [-0.4, -0.2) is 35.6 Å². The van der Waals surface area contributed by atoms with Gasteiger partial charge in [-0.3, -0.25) is 4.79 Å². The molecule has 0 aliphatic rings. The first-order valence-electron chi connectivity index (χ1n) is 8.67. The van der Waals surface area contributed by atoms with Crippen molar-refractivity contribution in [2.75, 3.05) is 19.6 Å². The molecule has 5 nitrogen and oxygen atoms in total. The van der Waals surface area contributed by atoms with Crippen LogP contribution in [-0.2, 0) is 11.2 Å². The molecule has 0 spiro atoms. The van der Waals surface area contributed by atoms with Gasteiger partial charge in [-0.2, -0.15) is 0 Å². The van der Waals surface area contributed by atoms with Gasteiger partial charge in [0.1, 0.15) is 0 Å². The summed E-state index contributed by atoms with van der Waals surface area (Å²) in [5.41, 5.74) is 1.72. The standard InChI is InChI=1S/C20H23N3O2S/c1-14-23-16(13-26-14)11-20(25)22-10-9-21-12-19(24)18-8-4-6-15-5-2-3-7-17(15)18/h2-8,13,19,21,24H,9-12H2,1H3,(H,22,25). The molecule has 0 aliphatic carbocycles. The summed E-state index contributed by atoms with van der Waals surface area (Å²) in [6, 6.07) is 14.0. The maximum Gasteiger partial charge on any atom is 0.226 e. The minimum atomic E-state index is -0.588. The summed E-state index contributed by atoms with van der Waals surface area (Å²) in [5.74, 6) is -0.0355. The highest BCUT2D eigenvalue weighted by Crippen LogP contribution is 2.23. The van der Waals surface area contributed by atoms with Gasteiger partial charge in [-0.05, 0) is 23.3 Å². The molecule has 136 valence electrons. The monoisotopic (exact) mass is 369 g/mol. The van der Waals surface area contributed by atoms with Gasteiger partial charge in [0, 0.05) is 25.0 Å². The molecule has 3 rings (SSSR count). The number of aliphatic hydroxyl groups excluding tert-OH is 1. The second kappa shape index (κ2) is 8.89. The zero-order valence-corrected chi connectivity index (χ0v) is 15.6. The number of aryl methyl sites for hydroxylation is 1. The Balaban J connectivity index is 1.41. The number of hydrogen-bond acceptors (Lipinski definition) is 5. The van der Waals surface area contributed by atoms with Crippen LogP contribution in [0.15, 0.2) is 47.8 Å². The Hall–Kier alpha value is -2.28. The number of benzene rings is 2. The predicted octanol–water partition coefficient (Wildman–Crippen LogP) is 2.59. The molecular weight excluding hydrogens is 346 g/mol. The van der Waals surface area contributed by atoms with Crippen molar-refractivity contribution in [3.63, 3.8) is 0 Å². The number of thiazole rings is 1. The van der Waals surface area contributed by atoms with E-state index in [9.17, 15) is 9.90 Å². The van der Waals surface area contributed by atoms with Crippen LogP contribution in [0.5, 0.6) is 0 Å². The van der Waals surface area contributed by atoms with Crippen LogP contribution < -0.4 is 10.6 Å². The lowest BCUT2D eigenvalue weighted by Gasteiger charge is -2.15. The van der Waals surface area contributed by atoms with Gasteiger partial charge in [-0.1, -0.05) is 42.5 Å². The van der Waals surface area contributed by atoms with Crippen LogP contribution in [0, 0.1) is 6.92 Å². The van der Waals surface area contributed by atoms with Crippen LogP contribution in [0.3, 0.4) is 0 Å². The van der Waals surface area contributed by atoms with E-state index in [0.29, 0.717) is 26.1 Å². The summed E-state index contributed by atoms with van der Waals surface area (Å²) in [7, 11) is 0. The van der Waals surface area contributed by atoms with E-state index in [0.717, 1.165) is 27.0 Å². The van der Waals surface area contributed by atoms with Gasteiger partial charge in [0.2, 0.25) is 5.91 Å². The highest BCUT2D eigenvalue weighted by molar-refractivity contribution is 7.09. The quantitative estimate of drug-likeness (QED) is 0.534. The summed E-state index contributed by atoms with van der Waals surface area (Å²) in [6.07, 6.45) is -0.280. The van der Waals surface area contributed by atoms with Gasteiger partial charge in [0.05, 0.1) is 23.2 Å². The zero-order valence-electron chi connectivity index (χ0n) is 14.7. The predicted molar refractivity (Wildman–Crippen MR) is 105 cm³/mol. The Kier molecular flexibility index (Phi) is 6.33. The molecule has 3 aromatic rings. The Morgan fingerprint density at radius 1 is 1.19 bits per heavy atom. The number of rotatable bonds is 8. The average Bonchev–Trinajstić information content (AvgIpc) is 3.05. The van der Waals surface area contributed by atoms with E-state index in [-0.39, 0.29) is 5.91 Å². The molecular formula is C20H23N3O2S. The Morgan fingerprint density at radius 2 is 2.00 bits per heavy atom. The molecule has 0 saturated carbocycles. The fraction of sp³-hybridized carbons (Fsp3) is 0.300. The maximum atomic E-state index is 11.9. The normalized spacial score (nSPS) is 12.2. The molecule has 0 bridgehead atoms.